The molecule has 0 spiro atoms. The summed E-state index contributed by atoms with van der Waals surface area (Å²) < 4.78 is 0. The van der Waals surface area contributed by atoms with E-state index in [9.17, 15) is 14.7 Å². The maximum atomic E-state index is 12.9. The molecule has 4 aromatic rings. The predicted molar refractivity (Wildman–Crippen MR) is 130 cm³/mol. The van der Waals surface area contributed by atoms with E-state index in [1.165, 1.54) is 11.0 Å². The fourth-order valence-electron chi connectivity index (χ4n) is 3.39. The first kappa shape index (κ1) is 22.0. The largest absolute Gasteiger partial charge is 0.506 e. The van der Waals surface area contributed by atoms with Gasteiger partial charge in [0.25, 0.3) is 11.8 Å². The van der Waals surface area contributed by atoms with Gasteiger partial charge in [0.1, 0.15) is 5.75 Å². The van der Waals surface area contributed by atoms with Crippen LogP contribution in [0.2, 0.25) is 5.02 Å². The van der Waals surface area contributed by atoms with E-state index >= 15 is 0 Å². The molecule has 33 heavy (non-hydrogen) atoms. The molecule has 0 fully saturated rings. The number of pyridine rings is 1. The van der Waals surface area contributed by atoms with E-state index in [-0.39, 0.29) is 17.6 Å². The number of nitrogens with one attached hydrogen (secondary N) is 1. The van der Waals surface area contributed by atoms with Crippen LogP contribution in [0.1, 0.15) is 20.7 Å². The van der Waals surface area contributed by atoms with Gasteiger partial charge in [-0.25, -0.2) is 0 Å². The van der Waals surface area contributed by atoms with Gasteiger partial charge in [-0.05, 0) is 48.5 Å². The van der Waals surface area contributed by atoms with E-state index in [0.29, 0.717) is 33.2 Å². The van der Waals surface area contributed by atoms with E-state index in [1.807, 2.05) is 30.3 Å². The lowest BCUT2D eigenvalue weighted by Gasteiger charge is -2.19. The summed E-state index contributed by atoms with van der Waals surface area (Å²) >= 11 is 5.86. The second-order valence-electron chi connectivity index (χ2n) is 7.29. The molecule has 1 aromatic heterocycles. The quantitative estimate of drug-likeness (QED) is 0.406. The normalized spacial score (nSPS) is 10.5. The number of aromatic hydroxyl groups is 1. The SMILES string of the molecule is CN(C(=O)c1ccc(NC(=O)c2cccnc2-c2ccccc2)cc1)c1ccc(Cl)cc1O. The van der Waals surface area contributed by atoms with Gasteiger partial charge in [-0.2, -0.15) is 0 Å². The Labute approximate surface area is 196 Å². The maximum absolute atomic E-state index is 12.9. The van der Waals surface area contributed by atoms with Crippen molar-refractivity contribution in [3.63, 3.8) is 0 Å². The van der Waals surface area contributed by atoms with Gasteiger partial charge in [0.2, 0.25) is 0 Å². The topological polar surface area (TPSA) is 82.5 Å². The average molecular weight is 458 g/mol. The zero-order valence-corrected chi connectivity index (χ0v) is 18.5. The number of nitrogens with zero attached hydrogens (tertiary/aromatic N) is 2. The smallest absolute Gasteiger partial charge is 0.258 e. The summed E-state index contributed by atoms with van der Waals surface area (Å²) in [5.74, 6) is -0.707. The van der Waals surface area contributed by atoms with Crippen molar-refractivity contribution in [1.29, 1.82) is 0 Å². The van der Waals surface area contributed by atoms with Crippen molar-refractivity contribution < 1.29 is 14.7 Å². The molecular weight excluding hydrogens is 438 g/mol. The Morgan fingerprint density at radius 1 is 0.939 bits per heavy atom. The molecule has 0 atom stereocenters. The first-order chi connectivity index (χ1) is 15.9. The van der Waals surface area contributed by atoms with Crippen molar-refractivity contribution in [2.75, 3.05) is 17.3 Å². The lowest BCUT2D eigenvalue weighted by molar-refractivity contribution is 0.0991. The van der Waals surface area contributed by atoms with Gasteiger partial charge in [-0.1, -0.05) is 41.9 Å². The fraction of sp³-hybridized carbons (Fsp3) is 0.0385. The van der Waals surface area contributed by atoms with Crippen LogP contribution in [0.5, 0.6) is 5.75 Å². The summed E-state index contributed by atoms with van der Waals surface area (Å²) in [7, 11) is 1.56. The third kappa shape index (κ3) is 4.86. The minimum atomic E-state index is -0.316. The third-order valence-corrected chi connectivity index (χ3v) is 5.33. The summed E-state index contributed by atoms with van der Waals surface area (Å²) in [6.07, 6.45) is 1.65. The van der Waals surface area contributed by atoms with Crippen molar-refractivity contribution >= 4 is 34.8 Å². The molecule has 7 heteroatoms. The number of anilines is 2. The molecule has 2 amide bonds. The lowest BCUT2D eigenvalue weighted by Crippen LogP contribution is -2.26. The Balaban J connectivity index is 1.51. The number of hydrogen-bond acceptors (Lipinski definition) is 4. The van der Waals surface area contributed by atoms with Gasteiger partial charge >= 0.3 is 0 Å². The lowest BCUT2D eigenvalue weighted by atomic mass is 10.1. The van der Waals surface area contributed by atoms with Crippen LogP contribution in [0.15, 0.2) is 91.1 Å². The molecule has 0 unspecified atom stereocenters. The van der Waals surface area contributed by atoms with Crippen molar-refractivity contribution in [3.05, 3.63) is 107 Å². The van der Waals surface area contributed by atoms with Gasteiger partial charge in [0, 0.05) is 41.1 Å². The number of carbonyl (C=O) groups is 2. The third-order valence-electron chi connectivity index (χ3n) is 5.09. The van der Waals surface area contributed by atoms with Crippen LogP contribution in [0.3, 0.4) is 0 Å². The van der Waals surface area contributed by atoms with Crippen LogP contribution in [0.4, 0.5) is 11.4 Å². The van der Waals surface area contributed by atoms with Crippen molar-refractivity contribution in [1.82, 2.24) is 4.98 Å². The van der Waals surface area contributed by atoms with Crippen LogP contribution < -0.4 is 10.2 Å². The molecule has 0 aliphatic heterocycles. The minimum absolute atomic E-state index is 0.0899. The number of halogens is 1. The Hall–Kier alpha value is -4.16. The molecule has 0 bridgehead atoms. The summed E-state index contributed by atoms with van der Waals surface area (Å²) in [6.45, 7) is 0. The van der Waals surface area contributed by atoms with Gasteiger partial charge in [-0.15, -0.1) is 0 Å². The summed E-state index contributed by atoms with van der Waals surface area (Å²) in [5.41, 5.74) is 3.16. The van der Waals surface area contributed by atoms with Crippen LogP contribution in [-0.2, 0) is 0 Å². The zero-order valence-electron chi connectivity index (χ0n) is 17.7. The van der Waals surface area contributed by atoms with E-state index in [4.69, 9.17) is 11.6 Å². The highest BCUT2D eigenvalue weighted by Crippen LogP contribution is 2.30. The molecule has 4 rings (SSSR count). The van der Waals surface area contributed by atoms with Crippen LogP contribution in [-0.4, -0.2) is 29.0 Å². The van der Waals surface area contributed by atoms with E-state index in [1.54, 1.807) is 61.8 Å². The second-order valence-corrected chi connectivity index (χ2v) is 7.73. The van der Waals surface area contributed by atoms with Gasteiger partial charge in [0.15, 0.2) is 0 Å². The Bertz CT molecular complexity index is 1310. The highest BCUT2D eigenvalue weighted by atomic mass is 35.5. The number of amides is 2. The summed E-state index contributed by atoms with van der Waals surface area (Å²) in [5, 5.41) is 13.3. The number of aromatic nitrogens is 1. The highest BCUT2D eigenvalue weighted by molar-refractivity contribution is 6.30. The van der Waals surface area contributed by atoms with Gasteiger partial charge in [-0.3, -0.25) is 14.6 Å². The predicted octanol–water partition coefficient (Wildman–Crippen LogP) is 5.64. The Morgan fingerprint density at radius 2 is 1.67 bits per heavy atom. The summed E-state index contributed by atoms with van der Waals surface area (Å²) in [4.78, 5) is 31.4. The Kier molecular flexibility index (Phi) is 6.38. The second kappa shape index (κ2) is 9.54. The molecular formula is C26H20ClN3O3. The van der Waals surface area contributed by atoms with E-state index in [0.717, 1.165) is 5.56 Å². The molecule has 3 aromatic carbocycles. The molecule has 1 heterocycles. The molecule has 0 aliphatic carbocycles. The van der Waals surface area contributed by atoms with Crippen LogP contribution in [0.25, 0.3) is 11.3 Å². The van der Waals surface area contributed by atoms with E-state index < -0.39 is 0 Å². The standard InChI is InChI=1S/C26H20ClN3O3/c1-30(22-14-11-19(27)16-23(22)31)26(33)18-9-12-20(13-10-18)29-25(32)21-8-5-15-28-24(21)17-6-3-2-4-7-17/h2-16,31H,1H3,(H,29,32). The molecule has 0 saturated carbocycles. The number of phenolic OH excluding ortho intramolecular Hbond substituents is 1. The molecule has 2 N–H and O–H groups in total. The Morgan fingerprint density at radius 3 is 2.36 bits per heavy atom. The first-order valence-corrected chi connectivity index (χ1v) is 10.5. The van der Waals surface area contributed by atoms with Crippen LogP contribution in [0, 0.1) is 0 Å². The fourth-order valence-corrected chi connectivity index (χ4v) is 3.56. The maximum Gasteiger partial charge on any atom is 0.258 e. The van der Waals surface area contributed by atoms with Crippen molar-refractivity contribution in [2.24, 2.45) is 0 Å². The van der Waals surface area contributed by atoms with Crippen molar-refractivity contribution in [3.8, 4) is 17.0 Å². The zero-order chi connectivity index (χ0) is 23.4. The molecule has 0 radical (unpaired) electrons. The number of phenols is 1. The summed E-state index contributed by atoms with van der Waals surface area (Å²) in [6, 6.07) is 24.0. The molecule has 0 saturated heterocycles. The van der Waals surface area contributed by atoms with E-state index in [2.05, 4.69) is 10.3 Å². The average Bonchev–Trinajstić information content (AvgIpc) is 2.84. The monoisotopic (exact) mass is 457 g/mol. The number of rotatable bonds is 5. The number of benzene rings is 3. The molecule has 0 aliphatic rings. The molecule has 164 valence electrons. The minimum Gasteiger partial charge on any atom is -0.506 e. The number of carbonyl (C=O) groups excluding carboxylic acids is 2. The first-order valence-electron chi connectivity index (χ1n) is 10.1. The van der Waals surface area contributed by atoms with Gasteiger partial charge < -0.3 is 15.3 Å². The van der Waals surface area contributed by atoms with Crippen LogP contribution >= 0.6 is 11.6 Å². The van der Waals surface area contributed by atoms with Crippen molar-refractivity contribution in [2.45, 2.75) is 0 Å². The van der Waals surface area contributed by atoms with Gasteiger partial charge in [0.05, 0.1) is 16.9 Å². The molecule has 6 nitrogen and oxygen atoms in total. The number of hydrogen-bond donors (Lipinski definition) is 2. The highest BCUT2D eigenvalue weighted by Gasteiger charge is 2.18.